The van der Waals surface area contributed by atoms with Crippen LogP contribution in [0.1, 0.15) is 32.8 Å². The van der Waals surface area contributed by atoms with Crippen molar-refractivity contribution in [1.82, 2.24) is 0 Å². The second-order valence-corrected chi connectivity index (χ2v) is 10.3. The molecule has 0 amide bonds. The zero-order chi connectivity index (χ0) is 23.2. The number of hydrogen-bond donors (Lipinski definition) is 1. The van der Waals surface area contributed by atoms with E-state index < -0.39 is 7.92 Å². The molecule has 0 aliphatic rings. The van der Waals surface area contributed by atoms with Crippen molar-refractivity contribution in [3.05, 3.63) is 125 Å². The van der Waals surface area contributed by atoms with Crippen LogP contribution in [-0.2, 0) is 4.74 Å². The van der Waals surface area contributed by atoms with E-state index in [4.69, 9.17) is 4.74 Å². The maximum absolute atomic E-state index is 12.0. The van der Waals surface area contributed by atoms with Gasteiger partial charge in [-0.2, -0.15) is 0 Å². The Balaban J connectivity index is 1.84. The van der Waals surface area contributed by atoms with E-state index in [1.54, 1.807) is 0 Å². The van der Waals surface area contributed by atoms with E-state index in [1.165, 1.54) is 28.8 Å². The molecule has 0 bridgehead atoms. The second-order valence-electron chi connectivity index (χ2n) is 8.02. The van der Waals surface area contributed by atoms with E-state index in [0.717, 1.165) is 11.3 Å². The molecule has 0 aliphatic heterocycles. The summed E-state index contributed by atoms with van der Waals surface area (Å²) in [7, 11) is 0.617. The summed E-state index contributed by atoms with van der Waals surface area (Å²) in [5.74, 6) is -0.313. The molecule has 1 unspecified atom stereocenters. The predicted molar refractivity (Wildman–Crippen MR) is 139 cm³/mol. The number of rotatable bonds is 7. The predicted octanol–water partition coefficient (Wildman–Crippen LogP) is 6.33. The lowest BCUT2D eigenvalue weighted by Crippen LogP contribution is -2.22. The van der Waals surface area contributed by atoms with Crippen molar-refractivity contribution in [2.24, 2.45) is 0 Å². The van der Waals surface area contributed by atoms with Gasteiger partial charge in [0, 0.05) is 5.69 Å². The topological polar surface area (TPSA) is 38.3 Å². The summed E-state index contributed by atoms with van der Waals surface area (Å²) in [5.41, 5.74) is 5.24. The highest BCUT2D eigenvalue weighted by atomic mass is 31.1. The first kappa shape index (κ1) is 22.8. The first-order valence-corrected chi connectivity index (χ1v) is 12.4. The Labute approximate surface area is 197 Å². The molecule has 0 aromatic heterocycles. The fraction of sp³-hybridized carbons (Fsp3) is 0.138. The van der Waals surface area contributed by atoms with Gasteiger partial charge in [-0.05, 0) is 61.7 Å². The van der Waals surface area contributed by atoms with Crippen LogP contribution >= 0.6 is 7.92 Å². The van der Waals surface area contributed by atoms with Crippen molar-refractivity contribution in [3.63, 3.8) is 0 Å². The molecular formula is C29H28NO2P. The first-order valence-electron chi connectivity index (χ1n) is 11.0. The molecule has 0 saturated carbocycles. The Morgan fingerprint density at radius 3 is 1.88 bits per heavy atom. The molecular weight excluding hydrogens is 425 g/mol. The zero-order valence-electron chi connectivity index (χ0n) is 19.2. The van der Waals surface area contributed by atoms with Gasteiger partial charge in [0.1, 0.15) is 0 Å². The van der Waals surface area contributed by atoms with Crippen molar-refractivity contribution >= 4 is 30.2 Å². The molecule has 4 aromatic rings. The van der Waals surface area contributed by atoms with Crippen molar-refractivity contribution in [3.8, 4) is 0 Å². The second kappa shape index (κ2) is 10.5. The monoisotopic (exact) mass is 453 g/mol. The molecule has 0 spiro atoms. The van der Waals surface area contributed by atoms with Gasteiger partial charge in [-0.25, -0.2) is 4.79 Å². The van der Waals surface area contributed by atoms with Crippen LogP contribution in [-0.4, -0.2) is 13.1 Å². The number of carbonyl (C=O) groups is 1. The zero-order valence-corrected chi connectivity index (χ0v) is 20.1. The van der Waals surface area contributed by atoms with Gasteiger partial charge in [0.05, 0.1) is 18.5 Å². The van der Waals surface area contributed by atoms with Gasteiger partial charge in [-0.15, -0.1) is 0 Å². The SMILES string of the molecule is COC(=O)c1ccc(C(Nc2ccc(C)cc2C)P(c2ccccc2)c2ccccc2)cc1. The molecule has 0 saturated heterocycles. The number of carbonyl (C=O) groups excluding carboxylic acids is 1. The highest BCUT2D eigenvalue weighted by Crippen LogP contribution is 2.49. The number of benzene rings is 4. The van der Waals surface area contributed by atoms with Crippen LogP contribution in [0.15, 0.2) is 103 Å². The van der Waals surface area contributed by atoms with Crippen molar-refractivity contribution in [2.75, 3.05) is 12.4 Å². The minimum atomic E-state index is -0.790. The molecule has 166 valence electrons. The summed E-state index contributed by atoms with van der Waals surface area (Å²) < 4.78 is 4.89. The van der Waals surface area contributed by atoms with Crippen LogP contribution < -0.4 is 15.9 Å². The third kappa shape index (κ3) is 5.32. The number of aryl methyl sites for hydroxylation is 2. The maximum Gasteiger partial charge on any atom is 0.337 e. The van der Waals surface area contributed by atoms with Gasteiger partial charge in [0.2, 0.25) is 0 Å². The lowest BCUT2D eigenvalue weighted by atomic mass is 10.1. The van der Waals surface area contributed by atoms with Gasteiger partial charge < -0.3 is 10.1 Å². The van der Waals surface area contributed by atoms with Crippen LogP contribution in [0.5, 0.6) is 0 Å². The van der Waals surface area contributed by atoms with E-state index in [1.807, 2.05) is 24.3 Å². The minimum absolute atomic E-state index is 0.0119. The van der Waals surface area contributed by atoms with Crippen molar-refractivity contribution in [1.29, 1.82) is 0 Å². The number of hydrogen-bond acceptors (Lipinski definition) is 3. The number of anilines is 1. The lowest BCUT2D eigenvalue weighted by molar-refractivity contribution is 0.0600. The normalized spacial score (nSPS) is 11.8. The quantitative estimate of drug-likeness (QED) is 0.262. The first-order chi connectivity index (χ1) is 16.1. The molecule has 1 N–H and O–H groups in total. The highest BCUT2D eigenvalue weighted by Gasteiger charge is 2.27. The van der Waals surface area contributed by atoms with Gasteiger partial charge in [-0.3, -0.25) is 0 Å². The molecule has 4 aromatic carbocycles. The van der Waals surface area contributed by atoms with E-state index in [0.29, 0.717) is 5.56 Å². The van der Waals surface area contributed by atoms with Crippen LogP contribution in [0.2, 0.25) is 0 Å². The number of nitrogens with one attached hydrogen (secondary N) is 1. The fourth-order valence-electron chi connectivity index (χ4n) is 3.96. The Kier molecular flexibility index (Phi) is 7.22. The van der Waals surface area contributed by atoms with Crippen LogP contribution in [0.4, 0.5) is 5.69 Å². The summed E-state index contributed by atoms with van der Waals surface area (Å²) in [4.78, 5) is 12.0. The number of methoxy groups -OCH3 is 1. The van der Waals surface area contributed by atoms with Gasteiger partial charge in [0.15, 0.2) is 0 Å². The molecule has 4 rings (SSSR count). The van der Waals surface area contributed by atoms with E-state index in [-0.39, 0.29) is 11.8 Å². The Morgan fingerprint density at radius 2 is 1.36 bits per heavy atom. The number of esters is 1. The average Bonchev–Trinajstić information content (AvgIpc) is 2.86. The summed E-state index contributed by atoms with van der Waals surface area (Å²) >= 11 is 0. The molecule has 0 heterocycles. The van der Waals surface area contributed by atoms with Gasteiger partial charge in [0.25, 0.3) is 0 Å². The Hall–Kier alpha value is -3.42. The number of ether oxygens (including phenoxy) is 1. The summed E-state index contributed by atoms with van der Waals surface area (Å²) in [6.45, 7) is 4.25. The molecule has 3 nitrogen and oxygen atoms in total. The minimum Gasteiger partial charge on any atom is -0.465 e. The van der Waals surface area contributed by atoms with Gasteiger partial charge in [-0.1, -0.05) is 90.5 Å². The third-order valence-corrected chi connectivity index (χ3v) is 8.30. The fourth-order valence-corrected chi connectivity index (χ4v) is 6.58. The maximum atomic E-state index is 12.0. The van der Waals surface area contributed by atoms with Crippen molar-refractivity contribution in [2.45, 2.75) is 19.6 Å². The summed E-state index contributed by atoms with van der Waals surface area (Å²) in [6.07, 6.45) is 0. The van der Waals surface area contributed by atoms with E-state index in [9.17, 15) is 4.79 Å². The molecule has 0 aliphatic carbocycles. The Morgan fingerprint density at radius 1 is 0.788 bits per heavy atom. The van der Waals surface area contributed by atoms with Gasteiger partial charge >= 0.3 is 5.97 Å². The summed E-state index contributed by atoms with van der Waals surface area (Å²) in [5, 5.41) is 6.44. The molecule has 33 heavy (non-hydrogen) atoms. The largest absolute Gasteiger partial charge is 0.465 e. The average molecular weight is 454 g/mol. The molecule has 0 fully saturated rings. The standard InChI is InChI=1S/C29H28NO2P/c1-21-14-19-27(22(2)20-21)30-28(23-15-17-24(18-16-23)29(31)32-3)33(25-10-6-4-7-11-25)26-12-8-5-9-13-26/h4-20,28,30H,1-3H3. The summed E-state index contributed by atoms with van der Waals surface area (Å²) in [6, 6.07) is 35.6. The van der Waals surface area contributed by atoms with E-state index >= 15 is 0 Å². The molecule has 4 heteroatoms. The third-order valence-electron chi connectivity index (χ3n) is 5.65. The van der Waals surface area contributed by atoms with Crippen LogP contribution in [0.3, 0.4) is 0 Å². The van der Waals surface area contributed by atoms with E-state index in [2.05, 4.69) is 98.0 Å². The highest BCUT2D eigenvalue weighted by molar-refractivity contribution is 7.73. The smallest absolute Gasteiger partial charge is 0.337 e. The van der Waals surface area contributed by atoms with Crippen molar-refractivity contribution < 1.29 is 9.53 Å². The molecule has 1 atom stereocenters. The molecule has 0 radical (unpaired) electrons. The Bertz CT molecular complexity index is 1170. The lowest BCUT2D eigenvalue weighted by Gasteiger charge is -2.31. The van der Waals surface area contributed by atoms with Crippen LogP contribution in [0, 0.1) is 13.8 Å². The van der Waals surface area contributed by atoms with Crippen LogP contribution in [0.25, 0.3) is 0 Å².